The van der Waals surface area contributed by atoms with E-state index in [0.717, 1.165) is 11.1 Å². The second-order valence-electron chi connectivity index (χ2n) is 9.97. The van der Waals surface area contributed by atoms with Gasteiger partial charge in [0.15, 0.2) is 5.76 Å². The number of benzene rings is 1. The number of alkyl halides is 3. The minimum Gasteiger partial charge on any atom is -0.439 e. The Bertz CT molecular complexity index is 1250. The first-order valence-electron chi connectivity index (χ1n) is 13.1. The van der Waals surface area contributed by atoms with Crippen molar-refractivity contribution >= 4 is 11.8 Å². The topological polar surface area (TPSA) is 118 Å². The molecule has 0 saturated carbocycles. The van der Waals surface area contributed by atoms with Gasteiger partial charge in [-0.15, -0.1) is 0 Å². The number of hydrogen-bond donors (Lipinski definition) is 2. The van der Waals surface area contributed by atoms with E-state index in [1.807, 2.05) is 46.2 Å². The van der Waals surface area contributed by atoms with E-state index >= 15 is 0 Å². The highest BCUT2D eigenvalue weighted by molar-refractivity contribution is 5.87. The number of oxazole rings is 1. The average molecular weight is 559 g/mol. The molecule has 1 fully saturated rings. The van der Waals surface area contributed by atoms with E-state index in [-0.39, 0.29) is 25.9 Å². The number of primary amides is 1. The largest absolute Gasteiger partial charge is 0.439 e. The van der Waals surface area contributed by atoms with Crippen LogP contribution >= 0.6 is 0 Å². The lowest BCUT2D eigenvalue weighted by atomic mass is 9.84. The lowest BCUT2D eigenvalue weighted by molar-refractivity contribution is -0.150. The molecule has 1 saturated heterocycles. The second kappa shape index (κ2) is 13.1. The quantitative estimate of drug-likeness (QED) is 0.328. The minimum absolute atomic E-state index is 0.159. The number of amides is 2. The number of nitrogens with one attached hydrogen (secondary N) is 1. The highest BCUT2D eigenvalue weighted by atomic mass is 19.4. The lowest BCUT2D eigenvalue weighted by Crippen LogP contribution is -2.70. The first-order valence-corrected chi connectivity index (χ1v) is 13.1. The predicted octanol–water partition coefficient (Wildman–Crippen LogP) is 3.17. The Morgan fingerprint density at radius 1 is 1.07 bits per heavy atom. The highest BCUT2D eigenvalue weighted by Crippen LogP contribution is 2.30. The zero-order valence-corrected chi connectivity index (χ0v) is 22.1. The summed E-state index contributed by atoms with van der Waals surface area (Å²) in [6.07, 6.45) is 1.88. The van der Waals surface area contributed by atoms with Gasteiger partial charge < -0.3 is 15.5 Å². The van der Waals surface area contributed by atoms with Gasteiger partial charge in [0.2, 0.25) is 17.7 Å². The number of carbonyl (C=O) groups is 2. The summed E-state index contributed by atoms with van der Waals surface area (Å²) in [6, 6.07) is 12.9. The third-order valence-electron chi connectivity index (χ3n) is 6.95. The Kier molecular flexibility index (Phi) is 9.54. The van der Waals surface area contributed by atoms with Crippen molar-refractivity contribution in [2.75, 3.05) is 32.7 Å². The third-order valence-corrected chi connectivity index (χ3v) is 6.95. The Morgan fingerprint density at radius 3 is 2.58 bits per heavy atom. The molecule has 1 aliphatic heterocycles. The molecule has 1 unspecified atom stereocenters. The van der Waals surface area contributed by atoms with Crippen LogP contribution < -0.4 is 11.1 Å². The average Bonchev–Trinajstić information content (AvgIpc) is 3.39. The molecule has 9 nitrogen and oxygen atoms in total. The van der Waals surface area contributed by atoms with Crippen LogP contribution in [0.4, 0.5) is 13.2 Å². The van der Waals surface area contributed by atoms with E-state index in [1.165, 1.54) is 0 Å². The Hall–Kier alpha value is -3.77. The molecule has 214 valence electrons. The van der Waals surface area contributed by atoms with Crippen molar-refractivity contribution in [3.05, 3.63) is 72.5 Å². The number of unbranched alkanes of at least 4 members (excludes halogenated alkanes) is 1. The van der Waals surface area contributed by atoms with Crippen LogP contribution in [0.3, 0.4) is 0 Å². The highest BCUT2D eigenvalue weighted by Gasteiger charge is 2.48. The van der Waals surface area contributed by atoms with Gasteiger partial charge in [0, 0.05) is 50.4 Å². The third kappa shape index (κ3) is 7.89. The van der Waals surface area contributed by atoms with Crippen LogP contribution in [-0.2, 0) is 22.6 Å². The minimum atomic E-state index is -4.55. The van der Waals surface area contributed by atoms with Crippen LogP contribution in [-0.4, -0.2) is 76.0 Å². The molecule has 1 aliphatic rings. The summed E-state index contributed by atoms with van der Waals surface area (Å²) < 4.78 is 45.4. The molecular formula is C28H33F3N6O3. The fourth-order valence-corrected chi connectivity index (χ4v) is 5.05. The molecule has 2 aromatic heterocycles. The number of carbonyl (C=O) groups excluding carboxylic acids is 2. The smallest absolute Gasteiger partial charge is 0.405 e. The van der Waals surface area contributed by atoms with Gasteiger partial charge in [0.05, 0.1) is 12.7 Å². The summed E-state index contributed by atoms with van der Waals surface area (Å²) in [5, 5.41) is 2.15. The van der Waals surface area contributed by atoms with Gasteiger partial charge in [-0.3, -0.25) is 24.4 Å². The lowest BCUT2D eigenvalue weighted by Gasteiger charge is -2.49. The molecule has 0 aliphatic carbocycles. The number of hydrogen-bond acceptors (Lipinski definition) is 7. The van der Waals surface area contributed by atoms with Gasteiger partial charge in [-0.05, 0) is 37.1 Å². The number of nitrogens with two attached hydrogens (primary N) is 1. The summed E-state index contributed by atoms with van der Waals surface area (Å²) in [6.45, 7) is 0.414. The molecule has 1 aromatic carbocycles. The van der Waals surface area contributed by atoms with E-state index < -0.39 is 30.1 Å². The molecule has 4 rings (SSSR count). The summed E-state index contributed by atoms with van der Waals surface area (Å²) in [4.78, 5) is 37.3. The van der Waals surface area contributed by atoms with Gasteiger partial charge in [-0.25, -0.2) is 4.98 Å². The fraction of sp³-hybridized carbons (Fsp3) is 0.429. The molecular weight excluding hydrogens is 525 g/mol. The van der Waals surface area contributed by atoms with Crippen LogP contribution in [0.2, 0.25) is 0 Å². The van der Waals surface area contributed by atoms with E-state index in [0.29, 0.717) is 44.1 Å². The van der Waals surface area contributed by atoms with Crippen LogP contribution in [0.5, 0.6) is 0 Å². The summed E-state index contributed by atoms with van der Waals surface area (Å²) in [7, 11) is 0. The number of nitrogens with zero attached hydrogens (tertiary/aromatic N) is 4. The van der Waals surface area contributed by atoms with Crippen molar-refractivity contribution in [3.63, 3.8) is 0 Å². The second-order valence-corrected chi connectivity index (χ2v) is 9.97. The van der Waals surface area contributed by atoms with Crippen LogP contribution in [0.1, 0.15) is 30.7 Å². The van der Waals surface area contributed by atoms with Crippen LogP contribution in [0.25, 0.3) is 11.3 Å². The normalized spacial score (nSPS) is 18.5. The van der Waals surface area contributed by atoms with Gasteiger partial charge in [-0.1, -0.05) is 30.3 Å². The van der Waals surface area contributed by atoms with Gasteiger partial charge in [-0.2, -0.15) is 13.2 Å². The molecule has 0 bridgehead atoms. The number of aromatic nitrogens is 2. The zero-order valence-electron chi connectivity index (χ0n) is 22.1. The van der Waals surface area contributed by atoms with E-state index in [9.17, 15) is 22.8 Å². The first-order chi connectivity index (χ1) is 19.1. The van der Waals surface area contributed by atoms with Gasteiger partial charge >= 0.3 is 6.18 Å². The SMILES string of the molecule is NC(=O)CCCCN1CCN(Cc2ncc(-c3cccnc3)o2)CC1(Cc1ccccc1)C(=O)NCC(F)(F)F. The Labute approximate surface area is 230 Å². The number of piperazine rings is 1. The van der Waals surface area contributed by atoms with E-state index in [1.54, 1.807) is 24.7 Å². The maximum atomic E-state index is 13.7. The van der Waals surface area contributed by atoms with Crippen molar-refractivity contribution in [3.8, 4) is 11.3 Å². The fourth-order valence-electron chi connectivity index (χ4n) is 5.05. The van der Waals surface area contributed by atoms with Crippen molar-refractivity contribution < 1.29 is 27.2 Å². The number of rotatable bonds is 12. The van der Waals surface area contributed by atoms with Crippen molar-refractivity contribution in [1.82, 2.24) is 25.1 Å². The molecule has 2 amide bonds. The maximum absolute atomic E-state index is 13.7. The van der Waals surface area contributed by atoms with Crippen molar-refractivity contribution in [2.45, 2.75) is 43.9 Å². The monoisotopic (exact) mass is 558 g/mol. The number of pyridine rings is 1. The molecule has 3 N–H and O–H groups in total. The molecule has 0 spiro atoms. The van der Waals surface area contributed by atoms with Crippen molar-refractivity contribution in [1.29, 1.82) is 0 Å². The van der Waals surface area contributed by atoms with Crippen molar-refractivity contribution in [2.24, 2.45) is 5.73 Å². The van der Waals surface area contributed by atoms with Crippen LogP contribution in [0, 0.1) is 0 Å². The van der Waals surface area contributed by atoms with E-state index in [4.69, 9.17) is 10.2 Å². The Morgan fingerprint density at radius 2 is 1.88 bits per heavy atom. The standard InChI is InChI=1S/C28H33F3N6O3/c29-28(30,31)19-35-26(39)27(15-21-7-2-1-3-8-21)20-36(13-14-37(27)12-5-4-10-24(32)38)18-25-34-17-23(40-25)22-9-6-11-33-16-22/h1-3,6-9,11,16-17H,4-5,10,12-15,18-20H2,(H2,32,38)(H,35,39). The zero-order chi connectivity index (χ0) is 28.6. The molecule has 40 heavy (non-hydrogen) atoms. The molecule has 1 atom stereocenters. The van der Waals surface area contributed by atoms with Gasteiger partial charge in [0.25, 0.3) is 0 Å². The summed E-state index contributed by atoms with van der Waals surface area (Å²) >= 11 is 0. The predicted molar refractivity (Wildman–Crippen MR) is 142 cm³/mol. The first kappa shape index (κ1) is 29.2. The molecule has 3 aromatic rings. The molecule has 3 heterocycles. The number of halogens is 3. The summed E-state index contributed by atoms with van der Waals surface area (Å²) in [5.41, 5.74) is 5.58. The van der Waals surface area contributed by atoms with Crippen LogP contribution in [0.15, 0.2) is 65.5 Å². The molecule has 0 radical (unpaired) electrons. The maximum Gasteiger partial charge on any atom is 0.405 e. The molecule has 12 heteroatoms. The van der Waals surface area contributed by atoms with Gasteiger partial charge in [0.1, 0.15) is 12.1 Å². The van der Waals surface area contributed by atoms with E-state index in [2.05, 4.69) is 15.3 Å². The summed E-state index contributed by atoms with van der Waals surface area (Å²) in [5.74, 6) is -0.135. The Balaban J connectivity index is 1.60.